The van der Waals surface area contributed by atoms with E-state index in [0.717, 1.165) is 11.7 Å². The number of thiocarbonyl (C=S) groups is 1. The smallest absolute Gasteiger partial charge is 0.166 e. The third-order valence-electron chi connectivity index (χ3n) is 2.53. The van der Waals surface area contributed by atoms with Crippen LogP contribution in [-0.2, 0) is 0 Å². The molecule has 0 saturated heterocycles. The van der Waals surface area contributed by atoms with Crippen molar-refractivity contribution >= 4 is 17.3 Å². The van der Waals surface area contributed by atoms with Gasteiger partial charge in [-0.15, -0.1) is 0 Å². The molecular formula is C10H20N2S. The van der Waals surface area contributed by atoms with Gasteiger partial charge in [0.2, 0.25) is 0 Å². The molecule has 0 radical (unpaired) electrons. The SMILES string of the molecule is CCNC(=S)NC1CCCCCC1. The Morgan fingerprint density at radius 2 is 1.85 bits per heavy atom. The van der Waals surface area contributed by atoms with E-state index in [4.69, 9.17) is 12.2 Å². The first kappa shape index (κ1) is 10.8. The van der Waals surface area contributed by atoms with Crippen LogP contribution in [0.3, 0.4) is 0 Å². The fraction of sp³-hybridized carbons (Fsp3) is 0.900. The molecule has 0 unspecified atom stereocenters. The molecule has 2 N–H and O–H groups in total. The molecule has 1 aliphatic rings. The van der Waals surface area contributed by atoms with E-state index in [-0.39, 0.29) is 0 Å². The van der Waals surface area contributed by atoms with Crippen LogP contribution in [0.2, 0.25) is 0 Å². The summed E-state index contributed by atoms with van der Waals surface area (Å²) >= 11 is 5.16. The number of hydrogen-bond donors (Lipinski definition) is 2. The number of nitrogens with one attached hydrogen (secondary N) is 2. The van der Waals surface area contributed by atoms with Crippen LogP contribution in [0, 0.1) is 0 Å². The third-order valence-corrected chi connectivity index (χ3v) is 2.79. The topological polar surface area (TPSA) is 24.1 Å². The second-order valence-corrected chi connectivity index (χ2v) is 4.10. The van der Waals surface area contributed by atoms with E-state index >= 15 is 0 Å². The lowest BCUT2D eigenvalue weighted by Gasteiger charge is -2.18. The zero-order valence-corrected chi connectivity index (χ0v) is 9.25. The molecule has 0 aliphatic heterocycles. The Balaban J connectivity index is 2.21. The summed E-state index contributed by atoms with van der Waals surface area (Å²) < 4.78 is 0. The van der Waals surface area contributed by atoms with Crippen LogP contribution in [0.4, 0.5) is 0 Å². The van der Waals surface area contributed by atoms with E-state index in [1.807, 2.05) is 0 Å². The predicted molar refractivity (Wildman–Crippen MR) is 60.9 cm³/mol. The molecule has 0 aromatic carbocycles. The first-order valence-corrected chi connectivity index (χ1v) is 5.78. The van der Waals surface area contributed by atoms with Gasteiger partial charge in [-0.3, -0.25) is 0 Å². The summed E-state index contributed by atoms with van der Waals surface area (Å²) in [4.78, 5) is 0. The fourth-order valence-corrected chi connectivity index (χ4v) is 2.13. The van der Waals surface area contributed by atoms with Gasteiger partial charge < -0.3 is 10.6 Å². The zero-order chi connectivity index (χ0) is 9.52. The van der Waals surface area contributed by atoms with Crippen molar-refractivity contribution in [1.82, 2.24) is 10.6 Å². The highest BCUT2D eigenvalue weighted by molar-refractivity contribution is 7.80. The number of hydrogen-bond acceptors (Lipinski definition) is 1. The van der Waals surface area contributed by atoms with Gasteiger partial charge in [-0.05, 0) is 32.0 Å². The highest BCUT2D eigenvalue weighted by Gasteiger charge is 2.11. The van der Waals surface area contributed by atoms with Crippen LogP contribution in [-0.4, -0.2) is 17.7 Å². The fourth-order valence-electron chi connectivity index (χ4n) is 1.82. The van der Waals surface area contributed by atoms with Crippen molar-refractivity contribution in [2.24, 2.45) is 0 Å². The van der Waals surface area contributed by atoms with Crippen LogP contribution < -0.4 is 10.6 Å². The largest absolute Gasteiger partial charge is 0.363 e. The predicted octanol–water partition coefficient (Wildman–Crippen LogP) is 2.19. The normalized spacial score (nSPS) is 19.2. The molecule has 0 aromatic rings. The van der Waals surface area contributed by atoms with Crippen molar-refractivity contribution < 1.29 is 0 Å². The van der Waals surface area contributed by atoms with Crippen LogP contribution >= 0.6 is 12.2 Å². The van der Waals surface area contributed by atoms with Gasteiger partial charge in [-0.1, -0.05) is 25.7 Å². The molecule has 0 amide bonds. The van der Waals surface area contributed by atoms with Crippen LogP contribution in [0.15, 0.2) is 0 Å². The van der Waals surface area contributed by atoms with E-state index in [2.05, 4.69) is 17.6 Å². The minimum Gasteiger partial charge on any atom is -0.363 e. The maximum absolute atomic E-state index is 5.16. The molecule has 0 bridgehead atoms. The molecule has 0 atom stereocenters. The maximum atomic E-state index is 5.16. The average Bonchev–Trinajstić information content (AvgIpc) is 2.33. The minimum absolute atomic E-state index is 0.619. The Kier molecular flexibility index (Phi) is 5.13. The molecule has 76 valence electrons. The summed E-state index contributed by atoms with van der Waals surface area (Å²) in [6.45, 7) is 2.99. The van der Waals surface area contributed by atoms with E-state index in [0.29, 0.717) is 6.04 Å². The summed E-state index contributed by atoms with van der Waals surface area (Å²) in [5, 5.41) is 7.34. The summed E-state index contributed by atoms with van der Waals surface area (Å²) in [5.74, 6) is 0. The second-order valence-electron chi connectivity index (χ2n) is 3.69. The van der Waals surface area contributed by atoms with Gasteiger partial charge in [-0.2, -0.15) is 0 Å². The standard InChI is InChI=1S/C10H20N2S/c1-2-11-10(13)12-9-7-5-3-4-6-8-9/h9H,2-8H2,1H3,(H2,11,12,13). The molecule has 0 spiro atoms. The van der Waals surface area contributed by atoms with Crippen molar-refractivity contribution in [3.05, 3.63) is 0 Å². The average molecular weight is 200 g/mol. The monoisotopic (exact) mass is 200 g/mol. The summed E-state index contributed by atoms with van der Waals surface area (Å²) in [5.41, 5.74) is 0. The Hall–Kier alpha value is -0.310. The van der Waals surface area contributed by atoms with Crippen molar-refractivity contribution in [2.75, 3.05) is 6.54 Å². The first-order chi connectivity index (χ1) is 6.33. The van der Waals surface area contributed by atoms with E-state index in [9.17, 15) is 0 Å². The maximum Gasteiger partial charge on any atom is 0.166 e. The zero-order valence-electron chi connectivity index (χ0n) is 8.44. The number of rotatable bonds is 2. The quantitative estimate of drug-likeness (QED) is 0.528. The van der Waals surface area contributed by atoms with Crippen molar-refractivity contribution in [2.45, 2.75) is 51.5 Å². The minimum atomic E-state index is 0.619. The van der Waals surface area contributed by atoms with Crippen molar-refractivity contribution in [3.63, 3.8) is 0 Å². The Labute approximate surface area is 86.5 Å². The van der Waals surface area contributed by atoms with Crippen LogP contribution in [0.25, 0.3) is 0 Å². The Morgan fingerprint density at radius 1 is 1.23 bits per heavy atom. The van der Waals surface area contributed by atoms with Crippen molar-refractivity contribution in [3.8, 4) is 0 Å². The first-order valence-electron chi connectivity index (χ1n) is 5.37. The molecular weight excluding hydrogens is 180 g/mol. The third kappa shape index (κ3) is 4.46. The summed E-state index contributed by atoms with van der Waals surface area (Å²) in [6.07, 6.45) is 8.06. The molecule has 1 fully saturated rings. The van der Waals surface area contributed by atoms with Gasteiger partial charge in [-0.25, -0.2) is 0 Å². The Bertz CT molecular complexity index is 151. The van der Waals surface area contributed by atoms with Gasteiger partial charge >= 0.3 is 0 Å². The van der Waals surface area contributed by atoms with Crippen molar-refractivity contribution in [1.29, 1.82) is 0 Å². The van der Waals surface area contributed by atoms with Crippen LogP contribution in [0.5, 0.6) is 0 Å². The van der Waals surface area contributed by atoms with Gasteiger partial charge in [0.15, 0.2) is 5.11 Å². The van der Waals surface area contributed by atoms with E-state index in [1.165, 1.54) is 38.5 Å². The van der Waals surface area contributed by atoms with Crippen LogP contribution in [0.1, 0.15) is 45.4 Å². The Morgan fingerprint density at radius 3 is 2.38 bits per heavy atom. The van der Waals surface area contributed by atoms with Gasteiger partial charge in [0, 0.05) is 12.6 Å². The lowest BCUT2D eigenvalue weighted by atomic mass is 10.1. The molecule has 1 aliphatic carbocycles. The molecule has 3 heteroatoms. The molecule has 13 heavy (non-hydrogen) atoms. The van der Waals surface area contributed by atoms with Gasteiger partial charge in [0.25, 0.3) is 0 Å². The van der Waals surface area contributed by atoms with E-state index in [1.54, 1.807) is 0 Å². The summed E-state index contributed by atoms with van der Waals surface area (Å²) in [7, 11) is 0. The van der Waals surface area contributed by atoms with Gasteiger partial charge in [0.1, 0.15) is 0 Å². The lowest BCUT2D eigenvalue weighted by Crippen LogP contribution is -2.41. The molecule has 0 heterocycles. The highest BCUT2D eigenvalue weighted by atomic mass is 32.1. The lowest BCUT2D eigenvalue weighted by molar-refractivity contribution is 0.529. The van der Waals surface area contributed by atoms with E-state index < -0.39 is 0 Å². The molecule has 0 aromatic heterocycles. The molecule has 2 nitrogen and oxygen atoms in total. The summed E-state index contributed by atoms with van der Waals surface area (Å²) in [6, 6.07) is 0.619. The molecule has 1 rings (SSSR count). The second kappa shape index (κ2) is 6.19. The highest BCUT2D eigenvalue weighted by Crippen LogP contribution is 2.16. The molecule has 1 saturated carbocycles. The van der Waals surface area contributed by atoms with Gasteiger partial charge in [0.05, 0.1) is 0 Å².